The highest BCUT2D eigenvalue weighted by Gasteiger charge is 2.47. The molecule has 1 aliphatic rings. The van der Waals surface area contributed by atoms with Crippen molar-refractivity contribution in [1.82, 2.24) is 0 Å². The molecular formula is C15H32O5Si. The van der Waals surface area contributed by atoms with Crippen LogP contribution in [0.15, 0.2) is 0 Å². The van der Waals surface area contributed by atoms with E-state index in [1.165, 1.54) is 0 Å². The topological polar surface area (TPSA) is 49.5 Å². The third kappa shape index (κ3) is 7.21. The van der Waals surface area contributed by atoms with Crippen molar-refractivity contribution in [3.63, 3.8) is 0 Å². The summed E-state index contributed by atoms with van der Waals surface area (Å²) >= 11 is 0. The molecule has 0 bridgehead atoms. The van der Waals surface area contributed by atoms with Gasteiger partial charge in [0.25, 0.3) is 0 Å². The normalized spacial score (nSPS) is 19.7. The van der Waals surface area contributed by atoms with E-state index >= 15 is 0 Å². The number of hydrogen-bond acceptors (Lipinski definition) is 5. The Morgan fingerprint density at radius 3 is 1.86 bits per heavy atom. The molecule has 0 radical (unpaired) electrons. The molecule has 0 aromatic heterocycles. The van der Waals surface area contributed by atoms with Gasteiger partial charge in [0.1, 0.15) is 6.10 Å². The molecule has 1 fully saturated rings. The lowest BCUT2D eigenvalue weighted by molar-refractivity contribution is 0.0324. The molecule has 1 aliphatic heterocycles. The fourth-order valence-electron chi connectivity index (χ4n) is 1.93. The van der Waals surface area contributed by atoms with Gasteiger partial charge in [0.15, 0.2) is 0 Å². The first-order valence-electron chi connectivity index (χ1n) is 8.29. The van der Waals surface area contributed by atoms with Crippen molar-refractivity contribution >= 4 is 8.80 Å². The van der Waals surface area contributed by atoms with Crippen LogP contribution in [0.5, 0.6) is 0 Å². The SMILES string of the molecule is CCCO[Si](OCCC)(OCCC)C(C)COCC1CO1. The lowest BCUT2D eigenvalue weighted by atomic mass is 10.5. The molecule has 0 aromatic carbocycles. The van der Waals surface area contributed by atoms with Crippen molar-refractivity contribution in [3.8, 4) is 0 Å². The van der Waals surface area contributed by atoms with Crippen LogP contribution in [0.25, 0.3) is 0 Å². The maximum atomic E-state index is 6.10. The Kier molecular flexibility index (Phi) is 9.71. The van der Waals surface area contributed by atoms with Gasteiger partial charge in [-0.05, 0) is 19.3 Å². The number of epoxide rings is 1. The molecule has 0 saturated carbocycles. The molecule has 2 atom stereocenters. The van der Waals surface area contributed by atoms with Crippen molar-refractivity contribution in [2.24, 2.45) is 0 Å². The summed E-state index contributed by atoms with van der Waals surface area (Å²) in [5.41, 5.74) is 0.140. The first-order chi connectivity index (χ1) is 10.2. The average Bonchev–Trinajstić information content (AvgIpc) is 3.31. The summed E-state index contributed by atoms with van der Waals surface area (Å²) in [5, 5.41) is 0. The molecule has 1 heterocycles. The molecule has 0 aromatic rings. The van der Waals surface area contributed by atoms with E-state index in [1.807, 2.05) is 0 Å². The summed E-state index contributed by atoms with van der Waals surface area (Å²) in [6.07, 6.45) is 3.17. The monoisotopic (exact) mass is 320 g/mol. The van der Waals surface area contributed by atoms with E-state index in [4.69, 9.17) is 22.8 Å². The minimum Gasteiger partial charge on any atom is -0.378 e. The van der Waals surface area contributed by atoms with E-state index in [2.05, 4.69) is 27.7 Å². The molecule has 2 unspecified atom stereocenters. The fourth-order valence-corrected chi connectivity index (χ4v) is 4.82. The largest absolute Gasteiger partial charge is 0.506 e. The fraction of sp³-hybridized carbons (Fsp3) is 1.00. The van der Waals surface area contributed by atoms with Gasteiger partial charge in [-0.25, -0.2) is 0 Å². The Bertz CT molecular complexity index is 239. The molecule has 0 amide bonds. The summed E-state index contributed by atoms with van der Waals surface area (Å²) in [4.78, 5) is 0. The Morgan fingerprint density at radius 2 is 1.48 bits per heavy atom. The van der Waals surface area contributed by atoms with Gasteiger partial charge in [-0.1, -0.05) is 27.7 Å². The number of rotatable bonds is 14. The summed E-state index contributed by atoms with van der Waals surface area (Å²) in [6.45, 7) is 12.5. The lowest BCUT2D eigenvalue weighted by Gasteiger charge is -2.34. The Morgan fingerprint density at radius 1 is 1.00 bits per heavy atom. The van der Waals surface area contributed by atoms with Crippen molar-refractivity contribution in [2.45, 2.75) is 58.6 Å². The zero-order valence-electron chi connectivity index (χ0n) is 14.1. The molecule has 1 rings (SSSR count). The van der Waals surface area contributed by atoms with Crippen molar-refractivity contribution in [2.75, 3.05) is 39.6 Å². The predicted molar refractivity (Wildman–Crippen MR) is 84.5 cm³/mol. The molecule has 126 valence electrons. The van der Waals surface area contributed by atoms with E-state index in [9.17, 15) is 0 Å². The summed E-state index contributed by atoms with van der Waals surface area (Å²) in [5.74, 6) is 0. The Balaban J connectivity index is 2.57. The zero-order chi connectivity index (χ0) is 15.6. The second-order valence-electron chi connectivity index (χ2n) is 5.54. The maximum Gasteiger partial charge on any atom is 0.506 e. The molecule has 1 saturated heterocycles. The van der Waals surface area contributed by atoms with Crippen molar-refractivity contribution < 1.29 is 22.8 Å². The quantitative estimate of drug-likeness (QED) is 0.364. The first-order valence-corrected chi connectivity index (χ1v) is 10.1. The molecule has 0 N–H and O–H groups in total. The molecular weight excluding hydrogens is 288 g/mol. The smallest absolute Gasteiger partial charge is 0.378 e. The Hall–Kier alpha value is 0.0169. The summed E-state index contributed by atoms with van der Waals surface area (Å²) < 4.78 is 29.2. The van der Waals surface area contributed by atoms with Gasteiger partial charge in [0.2, 0.25) is 0 Å². The van der Waals surface area contributed by atoms with Gasteiger partial charge in [0, 0.05) is 25.4 Å². The molecule has 0 spiro atoms. The van der Waals surface area contributed by atoms with Crippen LogP contribution in [0.3, 0.4) is 0 Å². The summed E-state index contributed by atoms with van der Waals surface area (Å²) in [7, 11) is -2.68. The van der Waals surface area contributed by atoms with Crippen LogP contribution in [0.4, 0.5) is 0 Å². The van der Waals surface area contributed by atoms with Gasteiger partial charge in [-0.3, -0.25) is 0 Å². The second kappa shape index (κ2) is 10.7. The standard InChI is InChI=1S/C15H32O5Si/c1-5-8-18-21(19-9-6-2,20-10-7-3)14(4)11-16-12-15-13-17-15/h14-15H,5-13H2,1-4H3. The lowest BCUT2D eigenvalue weighted by Crippen LogP contribution is -2.51. The van der Waals surface area contributed by atoms with Gasteiger partial charge in [-0.15, -0.1) is 0 Å². The zero-order valence-corrected chi connectivity index (χ0v) is 15.1. The number of ether oxygens (including phenoxy) is 2. The summed E-state index contributed by atoms with van der Waals surface area (Å²) in [6, 6.07) is 0. The molecule has 5 nitrogen and oxygen atoms in total. The molecule has 21 heavy (non-hydrogen) atoms. The van der Waals surface area contributed by atoms with Crippen molar-refractivity contribution in [1.29, 1.82) is 0 Å². The highest BCUT2D eigenvalue weighted by Crippen LogP contribution is 2.27. The minimum atomic E-state index is -2.68. The van der Waals surface area contributed by atoms with Crippen LogP contribution in [0.2, 0.25) is 5.54 Å². The van der Waals surface area contributed by atoms with E-state index in [1.54, 1.807) is 0 Å². The molecule has 6 heteroatoms. The van der Waals surface area contributed by atoms with Gasteiger partial charge in [0.05, 0.1) is 19.8 Å². The van der Waals surface area contributed by atoms with Crippen molar-refractivity contribution in [3.05, 3.63) is 0 Å². The van der Waals surface area contributed by atoms with Gasteiger partial charge >= 0.3 is 8.80 Å². The van der Waals surface area contributed by atoms with Crippen LogP contribution in [0.1, 0.15) is 47.0 Å². The predicted octanol–water partition coefficient (Wildman–Crippen LogP) is 3.01. The molecule has 0 aliphatic carbocycles. The maximum absolute atomic E-state index is 6.10. The first kappa shape index (κ1) is 19.1. The van der Waals surface area contributed by atoms with E-state index in [-0.39, 0.29) is 11.6 Å². The van der Waals surface area contributed by atoms with Crippen LogP contribution in [0, 0.1) is 0 Å². The van der Waals surface area contributed by atoms with E-state index in [0.717, 1.165) is 25.9 Å². The van der Waals surface area contributed by atoms with E-state index in [0.29, 0.717) is 33.0 Å². The minimum absolute atomic E-state index is 0.140. The third-order valence-corrected chi connectivity index (χ3v) is 6.39. The van der Waals surface area contributed by atoms with Gasteiger partial charge < -0.3 is 22.8 Å². The Labute approximate surface area is 130 Å². The highest BCUT2D eigenvalue weighted by atomic mass is 28.4. The second-order valence-corrected chi connectivity index (χ2v) is 8.60. The van der Waals surface area contributed by atoms with E-state index < -0.39 is 8.80 Å². The average molecular weight is 321 g/mol. The third-order valence-electron chi connectivity index (χ3n) is 3.20. The van der Waals surface area contributed by atoms with Crippen LogP contribution >= 0.6 is 0 Å². The van der Waals surface area contributed by atoms with Crippen LogP contribution in [-0.4, -0.2) is 54.5 Å². The van der Waals surface area contributed by atoms with Crippen LogP contribution in [-0.2, 0) is 22.8 Å². The van der Waals surface area contributed by atoms with Gasteiger partial charge in [-0.2, -0.15) is 0 Å². The highest BCUT2D eigenvalue weighted by molar-refractivity contribution is 6.62. The number of hydrogen-bond donors (Lipinski definition) is 0. The van der Waals surface area contributed by atoms with Crippen LogP contribution < -0.4 is 0 Å².